The van der Waals surface area contributed by atoms with E-state index in [4.69, 9.17) is 0 Å². The van der Waals surface area contributed by atoms with E-state index in [0.717, 1.165) is 25.2 Å². The molecule has 0 amide bonds. The van der Waals surface area contributed by atoms with Gasteiger partial charge < -0.3 is 5.32 Å². The van der Waals surface area contributed by atoms with E-state index in [1.165, 1.54) is 16.7 Å². The number of nitrogens with zero attached hydrogens (tertiary/aromatic N) is 2. The molecular weight excluding hydrogens is 258 g/mol. The van der Waals surface area contributed by atoms with E-state index in [9.17, 15) is 0 Å². The third kappa shape index (κ3) is 5.56. The van der Waals surface area contributed by atoms with Gasteiger partial charge in [-0.1, -0.05) is 30.9 Å². The SMILES string of the molecule is C=C(CCNC)N(Cc1c(C)cccc1C)/N=C/C=C/C. The van der Waals surface area contributed by atoms with Gasteiger partial charge in [-0.2, -0.15) is 5.10 Å². The van der Waals surface area contributed by atoms with Crippen LogP contribution in [0.25, 0.3) is 0 Å². The van der Waals surface area contributed by atoms with Gasteiger partial charge in [-0.25, -0.2) is 0 Å². The van der Waals surface area contributed by atoms with Crippen molar-refractivity contribution in [3.05, 3.63) is 59.3 Å². The molecule has 0 aromatic heterocycles. The molecule has 114 valence electrons. The van der Waals surface area contributed by atoms with Crippen LogP contribution < -0.4 is 5.32 Å². The fraction of sp³-hybridized carbons (Fsp3) is 0.389. The highest BCUT2D eigenvalue weighted by atomic mass is 15.5. The fourth-order valence-electron chi connectivity index (χ4n) is 2.09. The Morgan fingerprint density at radius 2 is 2.00 bits per heavy atom. The summed E-state index contributed by atoms with van der Waals surface area (Å²) in [6.07, 6.45) is 6.60. The Labute approximate surface area is 129 Å². The zero-order valence-corrected chi connectivity index (χ0v) is 13.7. The van der Waals surface area contributed by atoms with Crippen LogP contribution in [0.15, 0.2) is 47.7 Å². The minimum absolute atomic E-state index is 0.759. The molecule has 0 radical (unpaired) electrons. The Hall–Kier alpha value is -1.87. The average Bonchev–Trinajstić information content (AvgIpc) is 2.47. The average molecular weight is 285 g/mol. The maximum atomic E-state index is 4.54. The number of hydrogen-bond acceptors (Lipinski definition) is 3. The number of benzene rings is 1. The number of rotatable bonds is 8. The largest absolute Gasteiger partial charge is 0.319 e. The number of hydrogen-bond donors (Lipinski definition) is 1. The van der Waals surface area contributed by atoms with Crippen molar-refractivity contribution in [2.24, 2.45) is 5.10 Å². The van der Waals surface area contributed by atoms with Crippen molar-refractivity contribution in [2.75, 3.05) is 13.6 Å². The van der Waals surface area contributed by atoms with Crippen LogP contribution >= 0.6 is 0 Å². The summed E-state index contributed by atoms with van der Waals surface area (Å²) in [5.74, 6) is 0. The molecule has 0 aliphatic heterocycles. The van der Waals surface area contributed by atoms with Gasteiger partial charge in [-0.15, -0.1) is 0 Å². The summed E-state index contributed by atoms with van der Waals surface area (Å²) in [7, 11) is 1.95. The Morgan fingerprint density at radius 3 is 2.57 bits per heavy atom. The maximum absolute atomic E-state index is 4.54. The highest BCUT2D eigenvalue weighted by Crippen LogP contribution is 2.19. The molecule has 1 aromatic carbocycles. The van der Waals surface area contributed by atoms with E-state index < -0.39 is 0 Å². The van der Waals surface area contributed by atoms with Crippen LogP contribution in [-0.2, 0) is 6.54 Å². The Bertz CT molecular complexity index is 495. The molecule has 21 heavy (non-hydrogen) atoms. The van der Waals surface area contributed by atoms with Crippen LogP contribution in [-0.4, -0.2) is 24.8 Å². The monoisotopic (exact) mass is 285 g/mol. The van der Waals surface area contributed by atoms with Gasteiger partial charge >= 0.3 is 0 Å². The van der Waals surface area contributed by atoms with Gasteiger partial charge in [0.25, 0.3) is 0 Å². The van der Waals surface area contributed by atoms with Crippen molar-refractivity contribution in [3.63, 3.8) is 0 Å². The van der Waals surface area contributed by atoms with Crippen molar-refractivity contribution < 1.29 is 0 Å². The lowest BCUT2D eigenvalue weighted by Crippen LogP contribution is -2.20. The quantitative estimate of drug-likeness (QED) is 0.581. The Kier molecular flexibility index (Phi) is 7.48. The van der Waals surface area contributed by atoms with Gasteiger partial charge in [0.15, 0.2) is 0 Å². The highest BCUT2D eigenvalue weighted by Gasteiger charge is 2.10. The Morgan fingerprint density at radius 1 is 1.33 bits per heavy atom. The van der Waals surface area contributed by atoms with E-state index in [-0.39, 0.29) is 0 Å². The van der Waals surface area contributed by atoms with E-state index in [2.05, 4.69) is 49.0 Å². The second kappa shape index (κ2) is 9.14. The van der Waals surface area contributed by atoms with Crippen LogP contribution in [0, 0.1) is 13.8 Å². The second-order valence-corrected chi connectivity index (χ2v) is 5.14. The second-order valence-electron chi connectivity index (χ2n) is 5.14. The highest BCUT2D eigenvalue weighted by molar-refractivity contribution is 5.70. The standard InChI is InChI=1S/C18H27N3/c1-6-7-12-20-21(17(4)11-13-19-5)14-18-15(2)9-8-10-16(18)3/h6-10,12,19H,4,11,13-14H2,1-3,5H3/b7-6+,20-12+. The molecule has 1 rings (SSSR count). The van der Waals surface area contributed by atoms with Crippen molar-refractivity contribution in [3.8, 4) is 0 Å². The maximum Gasteiger partial charge on any atom is 0.0667 e. The molecule has 0 saturated carbocycles. The molecule has 3 nitrogen and oxygen atoms in total. The third-order valence-electron chi connectivity index (χ3n) is 3.47. The molecule has 0 fully saturated rings. The predicted octanol–water partition coefficient (Wildman–Crippen LogP) is 3.79. The van der Waals surface area contributed by atoms with E-state index >= 15 is 0 Å². The van der Waals surface area contributed by atoms with Gasteiger partial charge in [0.1, 0.15) is 0 Å². The summed E-state index contributed by atoms with van der Waals surface area (Å²) in [6.45, 7) is 12.1. The molecule has 0 bridgehead atoms. The zero-order valence-electron chi connectivity index (χ0n) is 13.7. The molecule has 1 aromatic rings. The topological polar surface area (TPSA) is 27.6 Å². The normalized spacial score (nSPS) is 11.4. The van der Waals surface area contributed by atoms with Crippen LogP contribution in [0.1, 0.15) is 30.0 Å². The smallest absolute Gasteiger partial charge is 0.0667 e. The summed E-state index contributed by atoms with van der Waals surface area (Å²) >= 11 is 0. The van der Waals surface area contributed by atoms with E-state index in [1.54, 1.807) is 0 Å². The predicted molar refractivity (Wildman–Crippen MR) is 92.4 cm³/mol. The lowest BCUT2D eigenvalue weighted by atomic mass is 10.0. The van der Waals surface area contributed by atoms with Gasteiger partial charge in [0.05, 0.1) is 6.54 Å². The minimum atomic E-state index is 0.759. The van der Waals surface area contributed by atoms with Crippen molar-refractivity contribution >= 4 is 6.21 Å². The van der Waals surface area contributed by atoms with Gasteiger partial charge in [-0.05, 0) is 50.6 Å². The van der Waals surface area contributed by atoms with E-state index in [1.807, 2.05) is 37.3 Å². The zero-order chi connectivity index (χ0) is 15.7. The van der Waals surface area contributed by atoms with Crippen molar-refractivity contribution in [2.45, 2.75) is 33.7 Å². The first-order valence-electron chi connectivity index (χ1n) is 7.40. The van der Waals surface area contributed by atoms with Crippen molar-refractivity contribution in [1.29, 1.82) is 0 Å². The molecule has 0 spiro atoms. The minimum Gasteiger partial charge on any atom is -0.319 e. The molecule has 0 atom stereocenters. The van der Waals surface area contributed by atoms with Gasteiger partial charge in [0, 0.05) is 24.9 Å². The van der Waals surface area contributed by atoms with Crippen molar-refractivity contribution in [1.82, 2.24) is 10.3 Å². The molecule has 0 aliphatic rings. The van der Waals surface area contributed by atoms with Gasteiger partial charge in [0.2, 0.25) is 0 Å². The van der Waals surface area contributed by atoms with Crippen LogP contribution in [0.3, 0.4) is 0 Å². The van der Waals surface area contributed by atoms with Crippen LogP contribution in [0.4, 0.5) is 0 Å². The molecule has 0 saturated heterocycles. The first-order chi connectivity index (χ1) is 10.1. The summed E-state index contributed by atoms with van der Waals surface area (Å²) < 4.78 is 0. The number of allylic oxidation sites excluding steroid dienone is 2. The number of nitrogens with one attached hydrogen (secondary N) is 1. The Balaban J connectivity index is 2.93. The lowest BCUT2D eigenvalue weighted by Gasteiger charge is -2.23. The summed E-state index contributed by atoms with van der Waals surface area (Å²) in [6, 6.07) is 6.39. The lowest BCUT2D eigenvalue weighted by molar-refractivity contribution is 0.344. The number of hydrazone groups is 1. The fourth-order valence-corrected chi connectivity index (χ4v) is 2.09. The summed E-state index contributed by atoms with van der Waals surface area (Å²) in [5, 5.41) is 9.68. The van der Waals surface area contributed by atoms with E-state index in [0.29, 0.717) is 0 Å². The van der Waals surface area contributed by atoms with Gasteiger partial charge in [-0.3, -0.25) is 5.01 Å². The van der Waals surface area contributed by atoms with Crippen LogP contribution in [0.2, 0.25) is 0 Å². The van der Waals surface area contributed by atoms with Crippen LogP contribution in [0.5, 0.6) is 0 Å². The first kappa shape index (κ1) is 17.2. The molecular formula is C18H27N3. The number of aryl methyl sites for hydroxylation is 2. The molecule has 1 N–H and O–H groups in total. The molecule has 0 unspecified atom stereocenters. The molecule has 3 heteroatoms. The third-order valence-corrected chi connectivity index (χ3v) is 3.47. The first-order valence-corrected chi connectivity index (χ1v) is 7.40. The molecule has 0 aliphatic carbocycles. The summed E-state index contributed by atoms with van der Waals surface area (Å²) in [4.78, 5) is 0. The molecule has 0 heterocycles. The summed E-state index contributed by atoms with van der Waals surface area (Å²) in [5.41, 5.74) is 4.93.